The van der Waals surface area contributed by atoms with Gasteiger partial charge in [0, 0.05) is 5.41 Å². The number of fused-ring (bicyclic) bond motifs is 5. The van der Waals surface area contributed by atoms with Crippen LogP contribution in [-0.4, -0.2) is 3.21 Å². The van der Waals surface area contributed by atoms with Crippen molar-refractivity contribution in [2.75, 3.05) is 0 Å². The van der Waals surface area contributed by atoms with E-state index in [-0.39, 0.29) is 46.5 Å². The first-order chi connectivity index (χ1) is 20.8. The molecule has 0 amide bonds. The topological polar surface area (TPSA) is 0 Å². The molecule has 2 aromatic rings. The number of halogens is 2. The van der Waals surface area contributed by atoms with Gasteiger partial charge in [-0.25, -0.2) is 17.2 Å². The van der Waals surface area contributed by atoms with E-state index in [2.05, 4.69) is 132 Å². The zero-order chi connectivity index (χ0) is 33.1. The second kappa shape index (κ2) is 14.5. The fraction of sp³-hybridized carbons (Fsp3) is 0.523. The van der Waals surface area contributed by atoms with Crippen LogP contribution in [0.5, 0.6) is 0 Å². The van der Waals surface area contributed by atoms with Gasteiger partial charge in [0.2, 0.25) is 0 Å². The van der Waals surface area contributed by atoms with E-state index in [1.807, 2.05) is 6.08 Å². The summed E-state index contributed by atoms with van der Waals surface area (Å²) >= 11 is 1.69. The van der Waals surface area contributed by atoms with Crippen molar-refractivity contribution in [2.24, 2.45) is 16.7 Å². The van der Waals surface area contributed by atoms with E-state index in [0.29, 0.717) is 5.92 Å². The summed E-state index contributed by atoms with van der Waals surface area (Å²) in [5.41, 5.74) is 16.2. The number of allylic oxidation sites excluding steroid dienone is 8. The van der Waals surface area contributed by atoms with Crippen LogP contribution >= 0.6 is 0 Å². The van der Waals surface area contributed by atoms with Crippen LogP contribution in [0.2, 0.25) is 0 Å². The monoisotopic (exact) mass is 744 g/mol. The molecule has 0 heterocycles. The van der Waals surface area contributed by atoms with Crippen molar-refractivity contribution >= 4 is 14.4 Å². The van der Waals surface area contributed by atoms with Crippen LogP contribution in [0.25, 0.3) is 22.3 Å². The summed E-state index contributed by atoms with van der Waals surface area (Å²) in [4.78, 5) is 0. The summed E-state index contributed by atoms with van der Waals surface area (Å²) < 4.78 is 1.80. The molecule has 5 aliphatic rings. The van der Waals surface area contributed by atoms with Crippen LogP contribution in [0.15, 0.2) is 48.1 Å². The van der Waals surface area contributed by atoms with Gasteiger partial charge in [-0.15, -0.1) is 18.6 Å². The minimum absolute atomic E-state index is 0. The van der Waals surface area contributed by atoms with Gasteiger partial charge in [-0.1, -0.05) is 106 Å². The number of hydrogen-bond acceptors (Lipinski definition) is 0. The molecule has 0 radical (unpaired) electrons. The summed E-state index contributed by atoms with van der Waals surface area (Å²) in [5, 5.41) is 0. The molecule has 3 heteroatoms. The molecule has 0 N–H and O–H groups in total. The van der Waals surface area contributed by atoms with Gasteiger partial charge in [-0.05, 0) is 62.3 Å². The van der Waals surface area contributed by atoms with Gasteiger partial charge in [0.25, 0.3) is 0 Å². The van der Waals surface area contributed by atoms with Crippen LogP contribution < -0.4 is 24.8 Å². The number of benzene rings is 2. The molecule has 1 unspecified atom stereocenters. The van der Waals surface area contributed by atoms with Crippen molar-refractivity contribution < 1.29 is 49.0 Å². The van der Waals surface area contributed by atoms with Crippen LogP contribution in [0.4, 0.5) is 0 Å². The Morgan fingerprint density at radius 2 is 1.30 bits per heavy atom. The van der Waals surface area contributed by atoms with E-state index in [4.69, 9.17) is 0 Å². The van der Waals surface area contributed by atoms with E-state index in [0.717, 1.165) is 6.42 Å². The first kappa shape index (κ1) is 40.2. The van der Waals surface area contributed by atoms with E-state index in [1.165, 1.54) is 93.3 Å². The van der Waals surface area contributed by atoms with Crippen molar-refractivity contribution in [3.05, 3.63) is 93.6 Å². The van der Waals surface area contributed by atoms with Crippen LogP contribution in [0, 0.1) is 28.9 Å². The Kier molecular flexibility index (Phi) is 12.4. The Balaban J connectivity index is 0.000000311. The Morgan fingerprint density at radius 1 is 0.745 bits per heavy atom. The molecule has 0 saturated heterocycles. The van der Waals surface area contributed by atoms with E-state index in [1.54, 1.807) is 27.4 Å². The predicted octanol–water partition coefficient (Wildman–Crippen LogP) is 6.12. The van der Waals surface area contributed by atoms with Gasteiger partial charge >= 0.3 is 59.5 Å². The van der Waals surface area contributed by atoms with Gasteiger partial charge in [0.1, 0.15) is 0 Å². The van der Waals surface area contributed by atoms with Crippen LogP contribution in [0.1, 0.15) is 149 Å². The summed E-state index contributed by atoms with van der Waals surface area (Å²) in [7, 11) is 0. The summed E-state index contributed by atoms with van der Waals surface area (Å²) in [5.74, 6) is 0.556. The summed E-state index contributed by atoms with van der Waals surface area (Å²) in [6.45, 7) is 27.6. The second-order valence-electron chi connectivity index (χ2n) is 17.4. The molecular formula is C44H56Cl2Zr-2. The molecule has 0 aliphatic heterocycles. The predicted molar refractivity (Wildman–Crippen MR) is 193 cm³/mol. The molecule has 0 bridgehead atoms. The van der Waals surface area contributed by atoms with Crippen molar-refractivity contribution in [2.45, 2.75) is 132 Å². The number of hydrogen-bond donors (Lipinski definition) is 0. The third-order valence-corrected chi connectivity index (χ3v) is 11.4. The molecule has 1 atom stereocenters. The molecular weight excluding hydrogens is 691 g/mol. The van der Waals surface area contributed by atoms with E-state index >= 15 is 0 Å². The Bertz CT molecular complexity index is 1540. The SMILES string of the molecule is CC(C)(C)C1=[C-]C(C)(C)c2cc3c(cc21)-c1cc2c(cc1C3)C(C)(C)C=C2C(C)(C)C.CC1=CC(C)[C-]=C1.[Cl-].[Cl-].[Zr+2]=[C]1CCCCC1. The molecule has 47 heavy (non-hydrogen) atoms. The third kappa shape index (κ3) is 8.55. The Morgan fingerprint density at radius 3 is 1.72 bits per heavy atom. The Labute approximate surface area is 315 Å². The summed E-state index contributed by atoms with van der Waals surface area (Å²) in [6.07, 6.45) is 22.1. The summed E-state index contributed by atoms with van der Waals surface area (Å²) in [6, 6.07) is 10.0. The van der Waals surface area contributed by atoms with Gasteiger partial charge < -0.3 is 24.8 Å². The van der Waals surface area contributed by atoms with E-state index < -0.39 is 0 Å². The standard InChI is InChI=1S/C31H37.C7H9.C6H10.2ClH.Zr/c1-28(2,3)26-16-30(7,8)24-12-18-11-19-13-25-23(15-21(19)20(18)14-22(24)26)27(29(4,5)6)17-31(25,9)10;1-6-3-4-7(2)5-6;1-2-4-6-5-3-1;;;/h12-16H,11H2,1-10H3;3,5,7H,1-2H3;1-5H2;2*1H;/q2*-1;;;;+2/p-2. The van der Waals surface area contributed by atoms with Gasteiger partial charge in [0.15, 0.2) is 0 Å². The van der Waals surface area contributed by atoms with Crippen molar-refractivity contribution in [1.82, 2.24) is 0 Å². The molecule has 7 rings (SSSR count). The molecule has 1 saturated carbocycles. The molecule has 0 aromatic heterocycles. The van der Waals surface area contributed by atoms with Crippen molar-refractivity contribution in [1.29, 1.82) is 0 Å². The van der Waals surface area contributed by atoms with E-state index in [9.17, 15) is 0 Å². The maximum absolute atomic E-state index is 3.85. The first-order valence-corrected chi connectivity index (χ1v) is 18.6. The van der Waals surface area contributed by atoms with Gasteiger partial charge in [-0.3, -0.25) is 12.2 Å². The third-order valence-electron chi connectivity index (χ3n) is 10.1. The fourth-order valence-corrected chi connectivity index (χ4v) is 8.54. The second-order valence-corrected chi connectivity index (χ2v) is 19.1. The average Bonchev–Trinajstić information content (AvgIpc) is 3.63. The fourth-order valence-electron chi connectivity index (χ4n) is 7.68. The average molecular weight is 747 g/mol. The zero-order valence-corrected chi connectivity index (χ0v) is 35.1. The van der Waals surface area contributed by atoms with Crippen LogP contribution in [0.3, 0.4) is 0 Å². The zero-order valence-electron chi connectivity index (χ0n) is 31.1. The molecule has 5 aliphatic carbocycles. The van der Waals surface area contributed by atoms with Crippen LogP contribution in [-0.2, 0) is 41.5 Å². The van der Waals surface area contributed by atoms with Gasteiger partial charge in [0.05, 0.1) is 0 Å². The minimum atomic E-state index is -0.0202. The Hall–Kier alpha value is -1.27. The normalized spacial score (nSPS) is 20.9. The molecule has 252 valence electrons. The molecule has 1 fully saturated rings. The molecule has 2 aromatic carbocycles. The molecule has 0 spiro atoms. The number of rotatable bonds is 0. The van der Waals surface area contributed by atoms with Crippen molar-refractivity contribution in [3.8, 4) is 11.1 Å². The quantitative estimate of drug-likeness (QED) is 0.244. The molecule has 0 nitrogen and oxygen atoms in total. The van der Waals surface area contributed by atoms with Gasteiger partial charge in [-0.2, -0.15) is 11.6 Å². The first-order valence-electron chi connectivity index (χ1n) is 17.4. The maximum atomic E-state index is 3.85. The van der Waals surface area contributed by atoms with Crippen molar-refractivity contribution in [3.63, 3.8) is 0 Å².